The van der Waals surface area contributed by atoms with Crippen LogP contribution in [0.1, 0.15) is 21.5 Å². The summed E-state index contributed by atoms with van der Waals surface area (Å²) in [5.41, 5.74) is 2.03. The lowest BCUT2D eigenvalue weighted by molar-refractivity contribution is 0.103. The number of pyridine rings is 1. The lowest BCUT2D eigenvalue weighted by Crippen LogP contribution is -2.10. The quantitative estimate of drug-likeness (QED) is 0.598. The number of carbonyl (C=O) groups is 1. The molecule has 0 aliphatic heterocycles. The largest absolute Gasteiger partial charge is 0.490 e. The van der Waals surface area contributed by atoms with Crippen molar-refractivity contribution in [2.24, 2.45) is 0 Å². The van der Waals surface area contributed by atoms with E-state index in [4.69, 9.17) is 9.47 Å². The number of benzene rings is 1. The van der Waals surface area contributed by atoms with E-state index in [9.17, 15) is 4.79 Å². The Morgan fingerprint density at radius 3 is 2.70 bits per heavy atom. The van der Waals surface area contributed by atoms with Crippen LogP contribution in [-0.4, -0.2) is 31.1 Å². The maximum absolute atomic E-state index is 12.6. The van der Waals surface area contributed by atoms with Gasteiger partial charge in [-0.15, -0.1) is 0 Å². The third kappa shape index (κ3) is 3.22. The number of ether oxygens (including phenoxy) is 2. The number of aryl methyl sites for hydroxylation is 1. The Kier molecular flexibility index (Phi) is 4.85. The van der Waals surface area contributed by atoms with Crippen molar-refractivity contribution >= 4 is 5.78 Å². The van der Waals surface area contributed by atoms with E-state index in [-0.39, 0.29) is 5.78 Å². The Balaban J connectivity index is 2.28. The van der Waals surface area contributed by atoms with Crippen LogP contribution in [0.2, 0.25) is 0 Å². The molecule has 2 rings (SSSR count). The van der Waals surface area contributed by atoms with Crippen molar-refractivity contribution in [1.82, 2.24) is 4.98 Å². The summed E-state index contributed by atoms with van der Waals surface area (Å²) in [6.07, 6.45) is 3.26. The zero-order valence-electron chi connectivity index (χ0n) is 11.6. The molecule has 0 spiro atoms. The fourth-order valence-corrected chi connectivity index (χ4v) is 1.86. The fourth-order valence-electron chi connectivity index (χ4n) is 1.86. The maximum Gasteiger partial charge on any atom is 0.198 e. The van der Waals surface area contributed by atoms with E-state index in [1.165, 1.54) is 0 Å². The molecule has 20 heavy (non-hydrogen) atoms. The molecule has 0 amide bonds. The molecule has 0 aliphatic carbocycles. The van der Waals surface area contributed by atoms with Crippen molar-refractivity contribution in [2.45, 2.75) is 6.92 Å². The SMILES string of the molecule is COCCOc1ccccc1C(=O)c1cnccc1C. The van der Waals surface area contributed by atoms with E-state index in [0.29, 0.717) is 30.1 Å². The highest BCUT2D eigenvalue weighted by Gasteiger charge is 2.16. The zero-order valence-corrected chi connectivity index (χ0v) is 11.6. The monoisotopic (exact) mass is 271 g/mol. The van der Waals surface area contributed by atoms with Gasteiger partial charge in [-0.25, -0.2) is 0 Å². The fraction of sp³-hybridized carbons (Fsp3) is 0.250. The third-order valence-corrected chi connectivity index (χ3v) is 2.96. The van der Waals surface area contributed by atoms with Crippen molar-refractivity contribution < 1.29 is 14.3 Å². The Bertz CT molecular complexity index is 596. The molecule has 2 aromatic rings. The standard InChI is InChI=1S/C16H17NO3/c1-12-7-8-17-11-14(12)16(18)13-5-3-4-6-15(13)20-10-9-19-2/h3-8,11H,9-10H2,1-2H3. The number of aromatic nitrogens is 1. The first-order chi connectivity index (χ1) is 9.74. The van der Waals surface area contributed by atoms with E-state index in [2.05, 4.69) is 4.98 Å². The minimum absolute atomic E-state index is 0.0800. The van der Waals surface area contributed by atoms with Crippen LogP contribution in [0, 0.1) is 6.92 Å². The van der Waals surface area contributed by atoms with Crippen molar-refractivity contribution in [3.8, 4) is 5.75 Å². The van der Waals surface area contributed by atoms with Crippen LogP contribution in [-0.2, 0) is 4.74 Å². The van der Waals surface area contributed by atoms with Gasteiger partial charge in [-0.05, 0) is 30.7 Å². The Morgan fingerprint density at radius 1 is 1.15 bits per heavy atom. The second-order valence-corrected chi connectivity index (χ2v) is 4.36. The van der Waals surface area contributed by atoms with Crippen LogP contribution in [0.25, 0.3) is 0 Å². The number of para-hydroxylation sites is 1. The molecular weight excluding hydrogens is 254 g/mol. The molecule has 0 aliphatic rings. The molecule has 4 nitrogen and oxygen atoms in total. The van der Waals surface area contributed by atoms with Gasteiger partial charge in [0.05, 0.1) is 12.2 Å². The highest BCUT2D eigenvalue weighted by atomic mass is 16.5. The van der Waals surface area contributed by atoms with Gasteiger partial charge in [-0.1, -0.05) is 12.1 Å². The molecule has 0 atom stereocenters. The molecule has 1 aromatic heterocycles. The van der Waals surface area contributed by atoms with E-state index in [0.717, 1.165) is 5.56 Å². The maximum atomic E-state index is 12.6. The molecule has 4 heteroatoms. The Morgan fingerprint density at radius 2 is 1.95 bits per heavy atom. The minimum atomic E-state index is -0.0800. The van der Waals surface area contributed by atoms with Gasteiger partial charge < -0.3 is 9.47 Å². The van der Waals surface area contributed by atoms with Crippen molar-refractivity contribution in [1.29, 1.82) is 0 Å². The number of ketones is 1. The van der Waals surface area contributed by atoms with Gasteiger partial charge in [0.25, 0.3) is 0 Å². The second-order valence-electron chi connectivity index (χ2n) is 4.36. The Labute approximate surface area is 118 Å². The van der Waals surface area contributed by atoms with Crippen molar-refractivity contribution in [3.63, 3.8) is 0 Å². The van der Waals surface area contributed by atoms with Crippen molar-refractivity contribution in [3.05, 3.63) is 59.4 Å². The smallest absolute Gasteiger partial charge is 0.198 e. The molecule has 0 unspecified atom stereocenters. The van der Waals surface area contributed by atoms with Crippen LogP contribution in [0.3, 0.4) is 0 Å². The average Bonchev–Trinajstić information content (AvgIpc) is 2.48. The van der Waals surface area contributed by atoms with Crippen LogP contribution in [0.4, 0.5) is 0 Å². The number of rotatable bonds is 6. The van der Waals surface area contributed by atoms with Gasteiger partial charge in [0.1, 0.15) is 12.4 Å². The summed E-state index contributed by atoms with van der Waals surface area (Å²) in [4.78, 5) is 16.6. The molecule has 0 radical (unpaired) electrons. The van der Waals surface area contributed by atoms with Crippen LogP contribution >= 0.6 is 0 Å². The number of nitrogens with zero attached hydrogens (tertiary/aromatic N) is 1. The summed E-state index contributed by atoms with van der Waals surface area (Å²) in [7, 11) is 1.61. The van der Waals surface area contributed by atoms with Gasteiger partial charge in [-0.3, -0.25) is 9.78 Å². The predicted octanol–water partition coefficient (Wildman–Crippen LogP) is 2.65. The summed E-state index contributed by atoms with van der Waals surface area (Å²) >= 11 is 0. The number of hydrogen-bond acceptors (Lipinski definition) is 4. The summed E-state index contributed by atoms with van der Waals surface area (Å²) in [6.45, 7) is 2.78. The lowest BCUT2D eigenvalue weighted by atomic mass is 10.0. The number of carbonyl (C=O) groups excluding carboxylic acids is 1. The molecule has 104 valence electrons. The predicted molar refractivity (Wildman–Crippen MR) is 76.2 cm³/mol. The average molecular weight is 271 g/mol. The first-order valence-electron chi connectivity index (χ1n) is 6.40. The minimum Gasteiger partial charge on any atom is -0.490 e. The molecule has 0 fully saturated rings. The molecule has 0 N–H and O–H groups in total. The van der Waals surface area contributed by atoms with E-state index >= 15 is 0 Å². The van der Waals surface area contributed by atoms with E-state index in [1.807, 2.05) is 25.1 Å². The number of hydrogen-bond donors (Lipinski definition) is 0. The number of methoxy groups -OCH3 is 1. The second kappa shape index (κ2) is 6.82. The molecule has 1 heterocycles. The first kappa shape index (κ1) is 14.2. The van der Waals surface area contributed by atoms with Gasteiger partial charge >= 0.3 is 0 Å². The lowest BCUT2D eigenvalue weighted by Gasteiger charge is -2.11. The highest BCUT2D eigenvalue weighted by molar-refractivity contribution is 6.11. The Hall–Kier alpha value is -2.20. The van der Waals surface area contributed by atoms with Crippen molar-refractivity contribution in [2.75, 3.05) is 20.3 Å². The highest BCUT2D eigenvalue weighted by Crippen LogP contribution is 2.22. The zero-order chi connectivity index (χ0) is 14.4. The van der Waals surface area contributed by atoms with E-state index < -0.39 is 0 Å². The molecule has 0 saturated carbocycles. The summed E-state index contributed by atoms with van der Waals surface area (Å²) in [5.74, 6) is 0.487. The van der Waals surface area contributed by atoms with Gasteiger partial charge in [0, 0.05) is 25.1 Å². The third-order valence-electron chi connectivity index (χ3n) is 2.96. The first-order valence-corrected chi connectivity index (χ1v) is 6.40. The van der Waals surface area contributed by atoms with Gasteiger partial charge in [0.2, 0.25) is 0 Å². The molecule has 1 aromatic carbocycles. The molecule has 0 bridgehead atoms. The van der Waals surface area contributed by atoms with Crippen LogP contribution < -0.4 is 4.74 Å². The molecule has 0 saturated heterocycles. The summed E-state index contributed by atoms with van der Waals surface area (Å²) in [6, 6.07) is 9.03. The van der Waals surface area contributed by atoms with Crippen LogP contribution in [0.5, 0.6) is 5.75 Å². The molecular formula is C16H17NO3. The normalized spacial score (nSPS) is 10.3. The summed E-state index contributed by atoms with van der Waals surface area (Å²) in [5, 5.41) is 0. The summed E-state index contributed by atoms with van der Waals surface area (Å²) < 4.78 is 10.5. The van der Waals surface area contributed by atoms with Gasteiger partial charge in [0.15, 0.2) is 5.78 Å². The van der Waals surface area contributed by atoms with Gasteiger partial charge in [-0.2, -0.15) is 0 Å². The van der Waals surface area contributed by atoms with E-state index in [1.54, 1.807) is 31.6 Å². The topological polar surface area (TPSA) is 48.4 Å². The van der Waals surface area contributed by atoms with Crippen LogP contribution in [0.15, 0.2) is 42.7 Å².